The number of phenols is 1. The molecule has 76 heavy (non-hydrogen) atoms. The smallest absolute Gasteiger partial charge is 0.336 e. The number of aromatic carboxylic acids is 3. The van der Waals surface area contributed by atoms with E-state index in [0.29, 0.717) is 17.1 Å². The van der Waals surface area contributed by atoms with Gasteiger partial charge in [-0.05, 0) is 142 Å². The Hall–Kier alpha value is -10.5. The lowest BCUT2D eigenvalue weighted by atomic mass is 9.97. The Morgan fingerprint density at radius 2 is 0.605 bits per heavy atom. The second kappa shape index (κ2) is 21.3. The molecule has 9 aromatic rings. The maximum atomic E-state index is 13.9. The van der Waals surface area contributed by atoms with E-state index < -0.39 is 66.4 Å². The minimum Gasteiger partial charge on any atom is -0.508 e. The van der Waals surface area contributed by atoms with Gasteiger partial charge in [0.05, 0.1) is 43.2 Å². The molecule has 0 aromatic heterocycles. The van der Waals surface area contributed by atoms with Gasteiger partial charge in [0, 0.05) is 17.1 Å². The van der Waals surface area contributed by atoms with Crippen LogP contribution in [0.5, 0.6) is 5.75 Å². The summed E-state index contributed by atoms with van der Waals surface area (Å²) in [6, 6.07) is 55.2. The Labute approximate surface area is 433 Å². The SMILES string of the molecule is O=C(O)c1cc(O)ccc1C(=O)Nc1ccc(-c2cccc(-c3ccc(-c4ccc(NC(=O)c5ccc(S(=O)(=O)c6ccc(C(=O)Nc7ccc(-c8ccccc8)cc7)c(C(=O)O)c6)cc5C(=O)O)cc4)cc3)c2)cc1. The fourth-order valence-corrected chi connectivity index (χ4v) is 9.68. The summed E-state index contributed by atoms with van der Waals surface area (Å²) in [5, 5.41) is 47.3. The van der Waals surface area contributed by atoms with Gasteiger partial charge in [-0.1, -0.05) is 109 Å². The number of sulfone groups is 1. The molecular weight excluding hydrogens is 987 g/mol. The third kappa shape index (κ3) is 11.0. The number of hydrogen-bond donors (Lipinski definition) is 7. The van der Waals surface area contributed by atoms with Crippen LogP contribution in [0.2, 0.25) is 0 Å². The highest BCUT2D eigenvalue weighted by atomic mass is 32.2. The summed E-state index contributed by atoms with van der Waals surface area (Å²) < 4.78 is 27.7. The third-order valence-corrected chi connectivity index (χ3v) is 14.1. The highest BCUT2D eigenvalue weighted by molar-refractivity contribution is 7.91. The van der Waals surface area contributed by atoms with Crippen LogP contribution in [0.4, 0.5) is 17.1 Å². The molecule has 15 nitrogen and oxygen atoms in total. The zero-order chi connectivity index (χ0) is 53.7. The molecule has 0 atom stereocenters. The Morgan fingerprint density at radius 3 is 0.974 bits per heavy atom. The second-order valence-electron chi connectivity index (χ2n) is 17.2. The van der Waals surface area contributed by atoms with Crippen LogP contribution < -0.4 is 16.0 Å². The van der Waals surface area contributed by atoms with E-state index in [1.165, 1.54) is 12.1 Å². The molecule has 0 spiro atoms. The van der Waals surface area contributed by atoms with E-state index in [1.54, 1.807) is 60.7 Å². The average Bonchev–Trinajstić information content (AvgIpc) is 3.43. The van der Waals surface area contributed by atoms with Crippen LogP contribution >= 0.6 is 0 Å². The minimum atomic E-state index is -4.58. The lowest BCUT2D eigenvalue weighted by molar-refractivity contribution is 0.0683. The highest BCUT2D eigenvalue weighted by Gasteiger charge is 2.27. The summed E-state index contributed by atoms with van der Waals surface area (Å²) in [7, 11) is -4.58. The largest absolute Gasteiger partial charge is 0.508 e. The van der Waals surface area contributed by atoms with Crippen molar-refractivity contribution in [3.05, 3.63) is 240 Å². The number of rotatable bonds is 15. The first-order chi connectivity index (χ1) is 36.5. The van der Waals surface area contributed by atoms with Crippen molar-refractivity contribution >= 4 is 62.5 Å². The average molecular weight is 1030 g/mol. The fourth-order valence-electron chi connectivity index (χ4n) is 8.37. The minimum absolute atomic E-state index is 0.0950. The number of carboxylic acids is 3. The summed E-state index contributed by atoms with van der Waals surface area (Å²) in [5.41, 5.74) is 5.98. The zero-order valence-corrected chi connectivity index (χ0v) is 40.4. The van der Waals surface area contributed by atoms with E-state index in [2.05, 4.69) is 16.0 Å². The molecule has 7 N–H and O–H groups in total. The summed E-state index contributed by atoms with van der Waals surface area (Å²) in [4.78, 5) is 75.1. The number of anilines is 3. The van der Waals surface area contributed by atoms with Gasteiger partial charge < -0.3 is 36.4 Å². The van der Waals surface area contributed by atoms with Crippen LogP contribution in [0.1, 0.15) is 62.1 Å². The van der Waals surface area contributed by atoms with Gasteiger partial charge >= 0.3 is 17.9 Å². The van der Waals surface area contributed by atoms with Crippen LogP contribution in [-0.2, 0) is 9.84 Å². The summed E-state index contributed by atoms with van der Waals surface area (Å²) >= 11 is 0. The van der Waals surface area contributed by atoms with Crippen molar-refractivity contribution in [3.8, 4) is 50.3 Å². The third-order valence-electron chi connectivity index (χ3n) is 12.3. The molecule has 3 amide bonds. The molecule has 0 unspecified atom stereocenters. The quantitative estimate of drug-likeness (QED) is 0.0506. The Bertz CT molecular complexity index is 3880. The molecule has 0 aliphatic heterocycles. The molecule has 0 bridgehead atoms. The van der Waals surface area contributed by atoms with Crippen LogP contribution in [0.15, 0.2) is 216 Å². The van der Waals surface area contributed by atoms with Crippen LogP contribution in [0.3, 0.4) is 0 Å². The van der Waals surface area contributed by atoms with Crippen molar-refractivity contribution in [3.63, 3.8) is 0 Å². The molecule has 0 saturated heterocycles. The van der Waals surface area contributed by atoms with Crippen molar-refractivity contribution in [1.82, 2.24) is 0 Å². The van der Waals surface area contributed by atoms with Gasteiger partial charge in [0.25, 0.3) is 17.7 Å². The van der Waals surface area contributed by atoms with Crippen molar-refractivity contribution in [1.29, 1.82) is 0 Å². The van der Waals surface area contributed by atoms with E-state index in [0.717, 1.165) is 87.0 Å². The number of aromatic hydroxyl groups is 1. The number of hydrogen-bond acceptors (Lipinski definition) is 9. The van der Waals surface area contributed by atoms with E-state index in [9.17, 15) is 57.6 Å². The Kier molecular flexibility index (Phi) is 14.2. The van der Waals surface area contributed by atoms with Crippen LogP contribution in [0, 0.1) is 0 Å². The zero-order valence-electron chi connectivity index (χ0n) is 39.6. The molecule has 9 rings (SSSR count). The van der Waals surface area contributed by atoms with E-state index >= 15 is 0 Å². The van der Waals surface area contributed by atoms with E-state index in [1.807, 2.05) is 91.0 Å². The Morgan fingerprint density at radius 1 is 0.303 bits per heavy atom. The molecule has 0 saturated carbocycles. The van der Waals surface area contributed by atoms with E-state index in [-0.39, 0.29) is 28.0 Å². The number of benzene rings is 9. The molecule has 0 heterocycles. The van der Waals surface area contributed by atoms with Crippen LogP contribution in [0.25, 0.3) is 44.5 Å². The predicted octanol–water partition coefficient (Wildman–Crippen LogP) is 11.7. The highest BCUT2D eigenvalue weighted by Crippen LogP contribution is 2.32. The Balaban J connectivity index is 0.842. The summed E-state index contributed by atoms with van der Waals surface area (Å²) in [5.74, 6) is -7.05. The monoisotopic (exact) mass is 1030 g/mol. The number of phenolic OH excluding ortho intramolecular Hbond substituents is 1. The number of nitrogens with one attached hydrogen (secondary N) is 3. The molecule has 0 aliphatic carbocycles. The van der Waals surface area contributed by atoms with Gasteiger partial charge in [-0.3, -0.25) is 14.4 Å². The van der Waals surface area contributed by atoms with Gasteiger partial charge in [0.2, 0.25) is 9.84 Å². The fraction of sp³-hybridized carbons (Fsp3) is 0. The topological polar surface area (TPSA) is 254 Å². The molecule has 374 valence electrons. The normalized spacial score (nSPS) is 11.0. The van der Waals surface area contributed by atoms with Crippen molar-refractivity contribution in [2.45, 2.75) is 9.79 Å². The lowest BCUT2D eigenvalue weighted by Gasteiger charge is -2.13. The maximum absolute atomic E-state index is 13.9. The molecule has 9 aromatic carbocycles. The molecule has 0 aliphatic rings. The van der Waals surface area contributed by atoms with Crippen molar-refractivity contribution in [2.75, 3.05) is 16.0 Å². The van der Waals surface area contributed by atoms with Gasteiger partial charge in [0.1, 0.15) is 5.75 Å². The van der Waals surface area contributed by atoms with Crippen molar-refractivity contribution in [2.24, 2.45) is 0 Å². The van der Waals surface area contributed by atoms with Gasteiger partial charge in [-0.25, -0.2) is 22.8 Å². The number of carboxylic acid groups (broad SMARTS) is 3. The summed E-state index contributed by atoms with van der Waals surface area (Å²) in [6.45, 7) is 0. The number of carbonyl (C=O) groups is 6. The van der Waals surface area contributed by atoms with Crippen LogP contribution in [-0.4, -0.2) is 64.5 Å². The lowest BCUT2D eigenvalue weighted by Crippen LogP contribution is -2.18. The standard InChI is InChI=1S/C60H41N3O12S/c64-46-25-28-49(52(32-46)58(68)69)55(65)61-45-23-17-40(18-24-45)42-8-4-7-41(31-42)39-11-9-36(10-12-39)38-15-21-44(22-16-38)63-57(67)51-30-27-48(34-54(51)60(72)73)76(74,75)47-26-29-50(53(33-47)59(70)71)56(66)62-43-19-13-37(14-20-43)35-5-2-1-3-6-35/h1-34,64H,(H,61,65)(H,62,66)(H,63,67)(H,68,69)(H,70,71)(H,72,73). The first-order valence-corrected chi connectivity index (χ1v) is 24.6. The molecule has 16 heteroatoms. The molecule has 0 fully saturated rings. The second-order valence-corrected chi connectivity index (χ2v) is 19.1. The summed E-state index contributed by atoms with van der Waals surface area (Å²) in [6.07, 6.45) is 0. The van der Waals surface area contributed by atoms with E-state index in [4.69, 9.17) is 0 Å². The van der Waals surface area contributed by atoms with Gasteiger partial charge in [0.15, 0.2) is 0 Å². The molecular formula is C60H41N3O12S. The predicted molar refractivity (Wildman–Crippen MR) is 286 cm³/mol. The maximum Gasteiger partial charge on any atom is 0.336 e. The number of carbonyl (C=O) groups excluding carboxylic acids is 3. The first-order valence-electron chi connectivity index (χ1n) is 23.1. The molecule has 0 radical (unpaired) electrons. The van der Waals surface area contributed by atoms with Gasteiger partial charge in [-0.2, -0.15) is 0 Å². The van der Waals surface area contributed by atoms with Gasteiger partial charge in [-0.15, -0.1) is 0 Å². The first kappa shape index (κ1) is 50.5. The van der Waals surface area contributed by atoms with Crippen molar-refractivity contribution < 1.29 is 57.6 Å². The number of amides is 3.